The predicted octanol–water partition coefficient (Wildman–Crippen LogP) is 6.49. The molecule has 144 valence electrons. The number of hydrogen-bond donors (Lipinski definition) is 0. The van der Waals surface area contributed by atoms with Crippen molar-refractivity contribution in [1.29, 1.82) is 0 Å². The van der Waals surface area contributed by atoms with Crippen molar-refractivity contribution in [2.75, 3.05) is 7.11 Å². The van der Waals surface area contributed by atoms with Gasteiger partial charge in [-0.1, -0.05) is 38.7 Å². The van der Waals surface area contributed by atoms with Gasteiger partial charge in [0.05, 0.1) is 12.7 Å². The molecule has 0 amide bonds. The highest BCUT2D eigenvalue weighted by Crippen LogP contribution is 2.44. The minimum Gasteiger partial charge on any atom is -0.465 e. The third-order valence-corrected chi connectivity index (χ3v) is 6.90. The molecule has 3 rings (SSSR count). The smallest absolute Gasteiger partial charge is 0.340 e. The van der Waals surface area contributed by atoms with Crippen molar-refractivity contribution in [3.05, 3.63) is 35.1 Å². The number of methoxy groups -OCH3 is 1. The Morgan fingerprint density at radius 1 is 1.04 bits per heavy atom. The van der Waals surface area contributed by atoms with Crippen LogP contribution in [0.1, 0.15) is 93.0 Å². The van der Waals surface area contributed by atoms with Crippen molar-refractivity contribution in [1.82, 2.24) is 0 Å². The molecule has 0 saturated heterocycles. The second-order valence-corrected chi connectivity index (χ2v) is 8.41. The molecule has 0 radical (unpaired) electrons. The molecule has 1 aromatic rings. The molecule has 26 heavy (non-hydrogen) atoms. The second kappa shape index (κ2) is 9.01. The van der Waals surface area contributed by atoms with Crippen LogP contribution in [0.15, 0.2) is 18.2 Å². The fourth-order valence-electron chi connectivity index (χ4n) is 5.34. The molecule has 1 aromatic carbocycles. The molecule has 0 aromatic heterocycles. The standard InChI is InChI=1S/C23H33FO2/c1-3-4-16-5-7-17(8-6-16)18-9-11-19(12-10-18)20-13-14-21(22(24)15-20)23(25)26-2/h13-19H,3-12H2,1-2H3. The van der Waals surface area contributed by atoms with Crippen molar-refractivity contribution >= 4 is 5.97 Å². The first-order chi connectivity index (χ1) is 12.6. The van der Waals surface area contributed by atoms with E-state index in [1.807, 2.05) is 6.07 Å². The third kappa shape index (κ3) is 4.47. The maximum absolute atomic E-state index is 14.2. The van der Waals surface area contributed by atoms with Gasteiger partial charge in [0.2, 0.25) is 0 Å². The summed E-state index contributed by atoms with van der Waals surface area (Å²) in [5, 5.41) is 0. The Bertz CT molecular complexity index is 596. The summed E-state index contributed by atoms with van der Waals surface area (Å²) in [5.41, 5.74) is 1.08. The highest BCUT2D eigenvalue weighted by molar-refractivity contribution is 5.89. The lowest BCUT2D eigenvalue weighted by atomic mass is 9.68. The van der Waals surface area contributed by atoms with E-state index in [1.165, 1.54) is 58.5 Å². The monoisotopic (exact) mass is 360 g/mol. The van der Waals surface area contributed by atoms with Gasteiger partial charge in [-0.05, 0) is 79.9 Å². The number of hydrogen-bond acceptors (Lipinski definition) is 2. The third-order valence-electron chi connectivity index (χ3n) is 6.90. The SMILES string of the molecule is CCCC1CCC(C2CCC(c3ccc(C(=O)OC)c(F)c3)CC2)CC1. The molecule has 2 aliphatic carbocycles. The zero-order valence-corrected chi connectivity index (χ0v) is 16.3. The Hall–Kier alpha value is -1.38. The topological polar surface area (TPSA) is 26.3 Å². The van der Waals surface area contributed by atoms with Crippen LogP contribution in [0.25, 0.3) is 0 Å². The highest BCUT2D eigenvalue weighted by atomic mass is 19.1. The molecule has 0 aliphatic heterocycles. The predicted molar refractivity (Wildman–Crippen MR) is 103 cm³/mol. The van der Waals surface area contributed by atoms with Crippen molar-refractivity contribution in [2.45, 2.75) is 77.0 Å². The summed E-state index contributed by atoms with van der Waals surface area (Å²) >= 11 is 0. The molecule has 0 unspecified atom stereocenters. The summed E-state index contributed by atoms with van der Waals surface area (Å²) in [5.74, 6) is 2.14. The Kier molecular flexibility index (Phi) is 6.72. The minimum absolute atomic E-state index is 0.0359. The zero-order chi connectivity index (χ0) is 18.5. The Balaban J connectivity index is 1.52. The van der Waals surface area contributed by atoms with Crippen LogP contribution < -0.4 is 0 Å². The number of carbonyl (C=O) groups is 1. The molecule has 0 atom stereocenters. The van der Waals surface area contributed by atoms with E-state index in [4.69, 9.17) is 0 Å². The lowest BCUT2D eigenvalue weighted by Gasteiger charge is -2.38. The maximum atomic E-state index is 14.2. The van der Waals surface area contributed by atoms with E-state index in [0.717, 1.165) is 36.2 Å². The Morgan fingerprint density at radius 2 is 1.65 bits per heavy atom. The van der Waals surface area contributed by atoms with E-state index in [1.54, 1.807) is 12.1 Å². The molecule has 0 N–H and O–H groups in total. The quantitative estimate of drug-likeness (QED) is 0.561. The van der Waals surface area contributed by atoms with Gasteiger partial charge in [0, 0.05) is 0 Å². The molecule has 2 aliphatic rings. The summed E-state index contributed by atoms with van der Waals surface area (Å²) in [6.45, 7) is 2.30. The number of carbonyl (C=O) groups excluding carboxylic acids is 1. The fourth-order valence-corrected chi connectivity index (χ4v) is 5.34. The summed E-state index contributed by atoms with van der Waals surface area (Å²) < 4.78 is 18.8. The van der Waals surface area contributed by atoms with Crippen molar-refractivity contribution in [3.63, 3.8) is 0 Å². The molecule has 3 heteroatoms. The van der Waals surface area contributed by atoms with Gasteiger partial charge in [-0.25, -0.2) is 9.18 Å². The molecule has 0 spiro atoms. The van der Waals surface area contributed by atoms with Gasteiger partial charge < -0.3 is 4.74 Å². The van der Waals surface area contributed by atoms with E-state index >= 15 is 0 Å². The zero-order valence-electron chi connectivity index (χ0n) is 16.3. The van der Waals surface area contributed by atoms with E-state index < -0.39 is 11.8 Å². The Labute approximate surface area is 157 Å². The van der Waals surface area contributed by atoms with Crippen molar-refractivity contribution < 1.29 is 13.9 Å². The number of rotatable bonds is 5. The van der Waals surface area contributed by atoms with E-state index in [2.05, 4.69) is 11.7 Å². The van der Waals surface area contributed by atoms with Gasteiger partial charge in [0.15, 0.2) is 0 Å². The molecular formula is C23H33FO2. The number of ether oxygens (including phenoxy) is 1. The van der Waals surface area contributed by atoms with Crippen LogP contribution in [0, 0.1) is 23.6 Å². The summed E-state index contributed by atoms with van der Waals surface area (Å²) in [7, 11) is 1.28. The Morgan fingerprint density at radius 3 is 2.19 bits per heavy atom. The van der Waals surface area contributed by atoms with E-state index in [9.17, 15) is 9.18 Å². The van der Waals surface area contributed by atoms with Gasteiger partial charge in [-0.15, -0.1) is 0 Å². The summed E-state index contributed by atoms with van der Waals surface area (Å²) in [4.78, 5) is 11.5. The van der Waals surface area contributed by atoms with Crippen molar-refractivity contribution in [2.24, 2.45) is 17.8 Å². The molecule has 0 heterocycles. The number of halogens is 1. The lowest BCUT2D eigenvalue weighted by Crippen LogP contribution is -2.25. The lowest BCUT2D eigenvalue weighted by molar-refractivity contribution is 0.0595. The summed E-state index contributed by atoms with van der Waals surface area (Å²) in [6, 6.07) is 5.04. The van der Waals surface area contributed by atoms with Gasteiger partial charge in [-0.3, -0.25) is 0 Å². The van der Waals surface area contributed by atoms with Crippen LogP contribution in [-0.4, -0.2) is 13.1 Å². The molecule has 0 bridgehead atoms. The van der Waals surface area contributed by atoms with E-state index in [-0.39, 0.29) is 5.56 Å². The summed E-state index contributed by atoms with van der Waals surface area (Å²) in [6.07, 6.45) is 13.3. The van der Waals surface area contributed by atoms with Crippen LogP contribution >= 0.6 is 0 Å². The maximum Gasteiger partial charge on any atom is 0.340 e. The number of benzene rings is 1. The van der Waals surface area contributed by atoms with Gasteiger partial charge in [-0.2, -0.15) is 0 Å². The van der Waals surface area contributed by atoms with Gasteiger partial charge in [0.1, 0.15) is 5.82 Å². The average Bonchev–Trinajstić information content (AvgIpc) is 2.68. The molecular weight excluding hydrogens is 327 g/mol. The largest absolute Gasteiger partial charge is 0.465 e. The van der Waals surface area contributed by atoms with Crippen LogP contribution in [-0.2, 0) is 4.74 Å². The average molecular weight is 361 g/mol. The fraction of sp³-hybridized carbons (Fsp3) is 0.696. The molecule has 2 nitrogen and oxygen atoms in total. The van der Waals surface area contributed by atoms with E-state index in [0.29, 0.717) is 5.92 Å². The first-order valence-electron chi connectivity index (χ1n) is 10.5. The van der Waals surface area contributed by atoms with Crippen molar-refractivity contribution in [3.8, 4) is 0 Å². The van der Waals surface area contributed by atoms with Crippen LogP contribution in [0.3, 0.4) is 0 Å². The minimum atomic E-state index is -0.601. The molecule has 2 fully saturated rings. The van der Waals surface area contributed by atoms with Crippen LogP contribution in [0.5, 0.6) is 0 Å². The molecule has 2 saturated carbocycles. The highest BCUT2D eigenvalue weighted by Gasteiger charge is 2.31. The van der Waals surface area contributed by atoms with Crippen LogP contribution in [0.2, 0.25) is 0 Å². The normalized spacial score (nSPS) is 29.3. The second-order valence-electron chi connectivity index (χ2n) is 8.41. The van der Waals surface area contributed by atoms with Gasteiger partial charge >= 0.3 is 5.97 Å². The first-order valence-corrected chi connectivity index (χ1v) is 10.5. The first kappa shape index (κ1) is 19.4. The number of esters is 1. The van der Waals surface area contributed by atoms with Gasteiger partial charge in [0.25, 0.3) is 0 Å². The van der Waals surface area contributed by atoms with Crippen LogP contribution in [0.4, 0.5) is 4.39 Å².